The lowest BCUT2D eigenvalue weighted by Gasteiger charge is -2.40. The second-order valence-corrected chi connectivity index (χ2v) is 12.7. The summed E-state index contributed by atoms with van der Waals surface area (Å²) in [6.45, 7) is 15.7. The molecule has 0 aliphatic carbocycles. The number of hydrogen-bond donors (Lipinski definition) is 2. The van der Waals surface area contributed by atoms with Gasteiger partial charge in [0.05, 0.1) is 25.7 Å². The van der Waals surface area contributed by atoms with Crippen LogP contribution in [0.3, 0.4) is 0 Å². The number of quaternary nitrogens is 1. The summed E-state index contributed by atoms with van der Waals surface area (Å²) in [6, 6.07) is 12.3. The average molecular weight is 562 g/mol. The standard InChI is InChI=1S/C35H52N4O2/c1-6-7-23-39(25-14-20-31(39)35(41)37-33-28(4)17-13-18-29(33)5)24-11-10-22-38-21-9-8-19-30(38)34(40)36-32-26(2)15-12-16-27(32)3/h12-13,15-18,30-31H,6-11,14,19-25H2,1-5H3,(H-,36,37,40,41)/p+1. The van der Waals surface area contributed by atoms with Gasteiger partial charge in [0, 0.05) is 24.2 Å². The van der Waals surface area contributed by atoms with Crippen molar-refractivity contribution in [1.82, 2.24) is 4.90 Å². The zero-order chi connectivity index (χ0) is 29.4. The molecule has 2 aromatic rings. The van der Waals surface area contributed by atoms with Crippen molar-refractivity contribution < 1.29 is 14.1 Å². The molecule has 0 saturated carbocycles. The van der Waals surface area contributed by atoms with Gasteiger partial charge in [0.25, 0.3) is 5.91 Å². The molecular formula is C35H53N4O2+. The number of aryl methyl sites for hydroxylation is 4. The van der Waals surface area contributed by atoms with E-state index in [9.17, 15) is 9.59 Å². The SMILES string of the molecule is CCCC[N+]1(CCCCN2CCCCC2C(=O)Nc2c(C)cccc2C)CCCC1C(=O)Nc1c(C)cccc1C. The summed E-state index contributed by atoms with van der Waals surface area (Å²) >= 11 is 0. The molecule has 2 heterocycles. The quantitative estimate of drug-likeness (QED) is 0.219. The summed E-state index contributed by atoms with van der Waals surface area (Å²) in [6.07, 6.45) is 9.71. The van der Waals surface area contributed by atoms with Crippen LogP contribution in [0.5, 0.6) is 0 Å². The molecule has 0 aromatic heterocycles. The lowest BCUT2D eigenvalue weighted by atomic mass is 10.00. The first-order chi connectivity index (χ1) is 19.8. The summed E-state index contributed by atoms with van der Waals surface area (Å²) < 4.78 is 0.918. The van der Waals surface area contributed by atoms with E-state index in [2.05, 4.69) is 80.5 Å². The van der Waals surface area contributed by atoms with Crippen LogP contribution in [-0.4, -0.2) is 66.0 Å². The number of likely N-dealkylation sites (tertiary alicyclic amines) is 2. The number of carbonyl (C=O) groups is 2. The molecule has 4 rings (SSSR count). The predicted molar refractivity (Wildman–Crippen MR) is 170 cm³/mol. The number of anilines is 2. The second kappa shape index (κ2) is 14.5. The molecule has 41 heavy (non-hydrogen) atoms. The summed E-state index contributed by atoms with van der Waals surface area (Å²) in [7, 11) is 0. The monoisotopic (exact) mass is 561 g/mol. The van der Waals surface area contributed by atoms with Gasteiger partial charge in [-0.25, -0.2) is 0 Å². The minimum absolute atomic E-state index is 0.0198. The number of hydrogen-bond acceptors (Lipinski definition) is 3. The number of para-hydroxylation sites is 2. The molecule has 2 aromatic carbocycles. The van der Waals surface area contributed by atoms with E-state index in [1.165, 1.54) is 0 Å². The van der Waals surface area contributed by atoms with Gasteiger partial charge in [-0.2, -0.15) is 0 Å². The highest BCUT2D eigenvalue weighted by atomic mass is 16.2. The van der Waals surface area contributed by atoms with Crippen molar-refractivity contribution in [3.05, 3.63) is 58.7 Å². The van der Waals surface area contributed by atoms with E-state index >= 15 is 0 Å². The van der Waals surface area contributed by atoms with Gasteiger partial charge < -0.3 is 15.1 Å². The van der Waals surface area contributed by atoms with Crippen molar-refractivity contribution in [2.24, 2.45) is 0 Å². The molecular weight excluding hydrogens is 508 g/mol. The van der Waals surface area contributed by atoms with Crippen LogP contribution in [0.4, 0.5) is 11.4 Å². The van der Waals surface area contributed by atoms with E-state index in [-0.39, 0.29) is 23.9 Å². The highest BCUT2D eigenvalue weighted by Crippen LogP contribution is 2.31. The zero-order valence-electron chi connectivity index (χ0n) is 26.2. The maximum atomic E-state index is 13.7. The molecule has 2 aliphatic rings. The first kappa shape index (κ1) is 31.2. The Morgan fingerprint density at radius 1 is 0.780 bits per heavy atom. The van der Waals surface area contributed by atoms with Gasteiger partial charge in [-0.3, -0.25) is 14.5 Å². The summed E-state index contributed by atoms with van der Waals surface area (Å²) in [4.78, 5) is 29.5. The lowest BCUT2D eigenvalue weighted by molar-refractivity contribution is -0.931. The highest BCUT2D eigenvalue weighted by Gasteiger charge is 2.45. The highest BCUT2D eigenvalue weighted by molar-refractivity contribution is 5.96. The summed E-state index contributed by atoms with van der Waals surface area (Å²) in [5.74, 6) is 0.326. The fourth-order valence-electron chi connectivity index (χ4n) is 7.26. The number of nitrogens with zero attached hydrogens (tertiary/aromatic N) is 2. The molecule has 6 nitrogen and oxygen atoms in total. The van der Waals surface area contributed by atoms with Gasteiger partial charge in [-0.05, 0) is 95.1 Å². The van der Waals surface area contributed by atoms with Gasteiger partial charge >= 0.3 is 0 Å². The maximum absolute atomic E-state index is 13.7. The Kier molecular flexibility index (Phi) is 11.0. The molecule has 3 atom stereocenters. The summed E-state index contributed by atoms with van der Waals surface area (Å²) in [5.41, 5.74) is 6.42. The lowest BCUT2D eigenvalue weighted by Crippen LogP contribution is -2.57. The topological polar surface area (TPSA) is 61.4 Å². The van der Waals surface area contributed by atoms with Crippen molar-refractivity contribution in [2.75, 3.05) is 43.4 Å². The van der Waals surface area contributed by atoms with Crippen molar-refractivity contribution >= 4 is 23.2 Å². The molecule has 2 amide bonds. The third-order valence-electron chi connectivity index (χ3n) is 9.68. The predicted octanol–water partition coefficient (Wildman–Crippen LogP) is 6.91. The van der Waals surface area contributed by atoms with Crippen LogP contribution in [0.1, 0.15) is 87.0 Å². The molecule has 2 aliphatic heterocycles. The third kappa shape index (κ3) is 7.58. The van der Waals surface area contributed by atoms with E-state index in [0.717, 1.165) is 129 Å². The van der Waals surface area contributed by atoms with Crippen molar-refractivity contribution in [3.63, 3.8) is 0 Å². The van der Waals surface area contributed by atoms with Crippen LogP contribution in [-0.2, 0) is 9.59 Å². The molecule has 0 bridgehead atoms. The van der Waals surface area contributed by atoms with Crippen LogP contribution in [0.2, 0.25) is 0 Å². The Labute approximate surface area is 248 Å². The maximum Gasteiger partial charge on any atom is 0.282 e. The van der Waals surface area contributed by atoms with Crippen molar-refractivity contribution in [3.8, 4) is 0 Å². The third-order valence-corrected chi connectivity index (χ3v) is 9.68. The Balaban J connectivity index is 1.37. The molecule has 2 N–H and O–H groups in total. The number of benzene rings is 2. The largest absolute Gasteiger partial charge is 0.324 e. The second-order valence-electron chi connectivity index (χ2n) is 12.7. The Morgan fingerprint density at radius 2 is 1.37 bits per heavy atom. The Bertz CT molecular complexity index is 1150. The van der Waals surface area contributed by atoms with Crippen molar-refractivity contribution in [1.29, 1.82) is 0 Å². The van der Waals surface area contributed by atoms with Crippen LogP contribution in [0.15, 0.2) is 36.4 Å². The van der Waals surface area contributed by atoms with Gasteiger partial charge in [0.2, 0.25) is 5.91 Å². The van der Waals surface area contributed by atoms with Crippen LogP contribution < -0.4 is 10.6 Å². The molecule has 6 heteroatoms. The van der Waals surface area contributed by atoms with Gasteiger partial charge in [-0.15, -0.1) is 0 Å². The van der Waals surface area contributed by atoms with Gasteiger partial charge in [0.1, 0.15) is 0 Å². The molecule has 224 valence electrons. The number of piperidine rings is 1. The average Bonchev–Trinajstić information content (AvgIpc) is 3.38. The summed E-state index contributed by atoms with van der Waals surface area (Å²) in [5, 5.41) is 6.59. The van der Waals surface area contributed by atoms with Gasteiger partial charge in [-0.1, -0.05) is 56.2 Å². The minimum atomic E-state index is -0.0614. The van der Waals surface area contributed by atoms with E-state index in [4.69, 9.17) is 0 Å². The molecule has 3 unspecified atom stereocenters. The number of nitrogens with one attached hydrogen (secondary N) is 2. The minimum Gasteiger partial charge on any atom is -0.324 e. The molecule has 0 radical (unpaired) electrons. The first-order valence-electron chi connectivity index (χ1n) is 16.1. The number of amides is 2. The van der Waals surface area contributed by atoms with Crippen LogP contribution >= 0.6 is 0 Å². The van der Waals surface area contributed by atoms with Crippen molar-refractivity contribution in [2.45, 2.75) is 104 Å². The zero-order valence-corrected chi connectivity index (χ0v) is 26.2. The van der Waals surface area contributed by atoms with E-state index in [1.54, 1.807) is 0 Å². The van der Waals surface area contributed by atoms with E-state index in [1.807, 2.05) is 6.07 Å². The smallest absolute Gasteiger partial charge is 0.282 e. The molecule has 0 spiro atoms. The van der Waals surface area contributed by atoms with Crippen LogP contribution in [0.25, 0.3) is 0 Å². The van der Waals surface area contributed by atoms with Gasteiger partial charge in [0.15, 0.2) is 6.04 Å². The Hall–Kier alpha value is -2.70. The first-order valence-corrected chi connectivity index (χ1v) is 16.1. The van der Waals surface area contributed by atoms with Crippen LogP contribution in [0, 0.1) is 27.7 Å². The number of unbranched alkanes of at least 4 members (excludes halogenated alkanes) is 2. The normalized spacial score (nSPS) is 23.0. The number of carbonyl (C=O) groups excluding carboxylic acids is 2. The van der Waals surface area contributed by atoms with E-state index in [0.29, 0.717) is 0 Å². The Morgan fingerprint density at radius 3 is 1.98 bits per heavy atom. The van der Waals surface area contributed by atoms with E-state index < -0.39 is 0 Å². The fourth-order valence-corrected chi connectivity index (χ4v) is 7.26. The number of rotatable bonds is 12. The molecule has 2 fully saturated rings. The molecule has 2 saturated heterocycles. The fraction of sp³-hybridized carbons (Fsp3) is 0.600.